The van der Waals surface area contributed by atoms with Crippen molar-refractivity contribution in [1.29, 1.82) is 5.26 Å². The fraction of sp³-hybridized carbons (Fsp3) is 0.364. The number of nitrogens with zero attached hydrogens (tertiary/aromatic N) is 4. The van der Waals surface area contributed by atoms with Crippen molar-refractivity contribution in [2.75, 3.05) is 11.9 Å². The van der Waals surface area contributed by atoms with Crippen molar-refractivity contribution in [3.63, 3.8) is 0 Å². The van der Waals surface area contributed by atoms with E-state index < -0.39 is 45.7 Å². The molecule has 0 radical (unpaired) electrons. The number of amides is 3. The quantitative estimate of drug-likeness (QED) is 0.0782. The molecular weight excluding hydrogens is 944 g/mol. The van der Waals surface area contributed by atoms with Crippen molar-refractivity contribution in [1.82, 2.24) is 25.1 Å². The van der Waals surface area contributed by atoms with Gasteiger partial charge in [-0.1, -0.05) is 78.8 Å². The van der Waals surface area contributed by atoms with Gasteiger partial charge in [0.1, 0.15) is 29.0 Å². The van der Waals surface area contributed by atoms with Crippen LogP contribution in [0.3, 0.4) is 0 Å². The molecule has 6 aromatic rings. The number of nitrogens with one attached hydrogen (secondary N) is 3. The third kappa shape index (κ3) is 10.4. The number of halogens is 3. The van der Waals surface area contributed by atoms with Gasteiger partial charge in [-0.05, 0) is 84.5 Å². The average Bonchev–Trinajstić information content (AvgIpc) is 4.01. The number of fused-ring (bicyclic) bond motifs is 1. The van der Waals surface area contributed by atoms with Gasteiger partial charge >= 0.3 is 6.18 Å². The molecule has 72 heavy (non-hydrogen) atoms. The first kappa shape index (κ1) is 51.0. The van der Waals surface area contributed by atoms with Crippen LogP contribution in [0.2, 0.25) is 0 Å². The lowest BCUT2D eigenvalue weighted by molar-refractivity contribution is -0.199. The van der Waals surface area contributed by atoms with Gasteiger partial charge in [0.15, 0.2) is 6.61 Å². The molecular formula is C55H58F3N7O6S. The van der Waals surface area contributed by atoms with E-state index in [2.05, 4.69) is 20.9 Å². The number of aryl methyl sites for hydroxylation is 1. The van der Waals surface area contributed by atoms with E-state index >= 15 is 0 Å². The fourth-order valence-electron chi connectivity index (χ4n) is 10.5. The summed E-state index contributed by atoms with van der Waals surface area (Å²) in [4.78, 5) is 48.3. The Bertz CT molecular complexity index is 3060. The Hall–Kier alpha value is -7.32. The average molecular weight is 1000 g/mol. The topological polar surface area (TPSA) is 171 Å². The highest BCUT2D eigenvalue weighted by atomic mass is 32.1. The van der Waals surface area contributed by atoms with Crippen molar-refractivity contribution in [2.24, 2.45) is 16.2 Å². The van der Waals surface area contributed by atoms with E-state index in [1.165, 1.54) is 18.3 Å². The molecule has 376 valence electrons. The zero-order chi connectivity index (χ0) is 52.1. The predicted octanol–water partition coefficient (Wildman–Crippen LogP) is 11.2. The molecule has 0 saturated heterocycles. The van der Waals surface area contributed by atoms with Crippen molar-refractivity contribution in [2.45, 2.75) is 106 Å². The van der Waals surface area contributed by atoms with Gasteiger partial charge in [-0.3, -0.25) is 14.4 Å². The van der Waals surface area contributed by atoms with Crippen LogP contribution in [0.1, 0.15) is 110 Å². The minimum Gasteiger partial charge on any atom is -0.506 e. The number of thiazole rings is 1. The van der Waals surface area contributed by atoms with Crippen LogP contribution in [-0.2, 0) is 24.1 Å². The summed E-state index contributed by atoms with van der Waals surface area (Å²) in [5.74, 6) is -0.550. The van der Waals surface area contributed by atoms with Gasteiger partial charge in [0, 0.05) is 65.2 Å². The van der Waals surface area contributed by atoms with Gasteiger partial charge in [0.25, 0.3) is 17.7 Å². The van der Waals surface area contributed by atoms with Gasteiger partial charge in [-0.15, -0.1) is 11.3 Å². The Labute approximate surface area is 421 Å². The highest BCUT2D eigenvalue weighted by molar-refractivity contribution is 7.13. The third-order valence-corrected chi connectivity index (χ3v) is 14.8. The second kappa shape index (κ2) is 19.4. The lowest BCUT2D eigenvalue weighted by Crippen LogP contribution is -2.74. The molecule has 1 aliphatic carbocycles. The Kier molecular flexibility index (Phi) is 13.7. The summed E-state index contributed by atoms with van der Waals surface area (Å²) in [7, 11) is 0. The summed E-state index contributed by atoms with van der Waals surface area (Å²) >= 11 is 1.57. The highest BCUT2D eigenvalue weighted by Crippen LogP contribution is 2.59. The predicted molar refractivity (Wildman–Crippen MR) is 269 cm³/mol. The lowest BCUT2D eigenvalue weighted by Gasteiger charge is -2.65. The van der Waals surface area contributed by atoms with E-state index in [1.807, 2.05) is 115 Å². The van der Waals surface area contributed by atoms with E-state index in [9.17, 15) is 37.9 Å². The first-order valence-corrected chi connectivity index (χ1v) is 24.4. The molecule has 2 atom stereocenters. The first-order chi connectivity index (χ1) is 33.8. The molecule has 3 heterocycles. The molecule has 3 amide bonds. The molecule has 17 heteroatoms. The smallest absolute Gasteiger partial charge is 0.417 e. The molecule has 0 bridgehead atoms. The zero-order valence-electron chi connectivity index (χ0n) is 41.6. The standard InChI is InChI=1S/C55H58F3N7O6S/c1-31(33-13-15-34(16-14-33)47-32(2)60-30-72-47)61-48(68)44-23-39(66)27-64(44)28-45(52(3,4)5)63-46(67)29-70-40-12-10-11-37(22-40)62-38-18-20-42-36(21-38)26-65(49(42)69)50-53(6,7)51(54(50,8)9)71-41-19-17-35(25-59)43(24-41)55(56,57)58/h10-24,27,30-31,45,50-51,62,66H,26,28-29H2,1-9H3,(H,61,68)(H,63,67)/t31-,45-,50?,51?/m1/s1. The summed E-state index contributed by atoms with van der Waals surface area (Å²) in [6.45, 7) is 17.8. The van der Waals surface area contributed by atoms with E-state index in [-0.39, 0.29) is 60.1 Å². The molecule has 2 aromatic heterocycles. The molecule has 4 aromatic carbocycles. The number of aromatic hydroxyl groups is 1. The molecule has 0 spiro atoms. The Morgan fingerprint density at radius 1 is 0.944 bits per heavy atom. The van der Waals surface area contributed by atoms with E-state index in [4.69, 9.17) is 9.47 Å². The Morgan fingerprint density at radius 3 is 2.31 bits per heavy atom. The number of rotatable bonds is 15. The summed E-state index contributed by atoms with van der Waals surface area (Å²) in [5.41, 5.74) is 4.44. The number of benzene rings is 4. The van der Waals surface area contributed by atoms with Gasteiger partial charge in [-0.25, -0.2) is 4.98 Å². The summed E-state index contributed by atoms with van der Waals surface area (Å²) in [6, 6.07) is 25.8. The molecule has 1 fully saturated rings. The number of ether oxygens (including phenoxy) is 2. The minimum atomic E-state index is -4.73. The van der Waals surface area contributed by atoms with E-state index in [1.54, 1.807) is 46.2 Å². The Morgan fingerprint density at radius 2 is 1.65 bits per heavy atom. The van der Waals surface area contributed by atoms with Gasteiger partial charge < -0.3 is 40.0 Å². The number of nitriles is 1. The maximum absolute atomic E-state index is 13.9. The second-order valence-corrected chi connectivity index (χ2v) is 21.8. The zero-order valence-corrected chi connectivity index (χ0v) is 42.4. The SMILES string of the molecule is Cc1ncsc1-c1ccc([C@@H](C)NC(=O)c2cc(O)cn2C[C@@H](NC(=O)COc2cccc(Nc3ccc4c(c3)CN(C3C(C)(C)C(Oc5ccc(C#N)c(C(F)(F)F)c5)C3(C)C)C4=O)c2)C(C)(C)C)cc1. The normalized spacial score (nSPS) is 17.8. The first-order valence-electron chi connectivity index (χ1n) is 23.6. The highest BCUT2D eigenvalue weighted by Gasteiger charge is 2.67. The molecule has 2 aliphatic rings. The summed E-state index contributed by atoms with van der Waals surface area (Å²) in [6.07, 6.45) is -3.79. The van der Waals surface area contributed by atoms with Gasteiger partial charge in [0.05, 0.1) is 45.4 Å². The number of aromatic nitrogens is 2. The number of hydrogen-bond donors (Lipinski definition) is 4. The van der Waals surface area contributed by atoms with Crippen LogP contribution in [0.4, 0.5) is 24.5 Å². The van der Waals surface area contributed by atoms with Crippen LogP contribution in [0.15, 0.2) is 103 Å². The van der Waals surface area contributed by atoms with Gasteiger partial charge in [-0.2, -0.15) is 18.4 Å². The largest absolute Gasteiger partial charge is 0.506 e. The molecule has 13 nitrogen and oxygen atoms in total. The third-order valence-electron chi connectivity index (χ3n) is 13.8. The molecule has 0 unspecified atom stereocenters. The molecule has 1 saturated carbocycles. The number of carbonyl (C=O) groups is 3. The second-order valence-electron chi connectivity index (χ2n) is 20.9. The number of carbonyl (C=O) groups excluding carboxylic acids is 3. The van der Waals surface area contributed by atoms with Crippen molar-refractivity contribution < 1.29 is 42.1 Å². The van der Waals surface area contributed by atoms with Crippen LogP contribution in [-0.4, -0.2) is 62.1 Å². The number of alkyl halides is 3. The maximum atomic E-state index is 13.9. The summed E-state index contributed by atoms with van der Waals surface area (Å²) < 4.78 is 55.1. The fourth-order valence-corrected chi connectivity index (χ4v) is 11.4. The monoisotopic (exact) mass is 1000 g/mol. The molecule has 4 N–H and O–H groups in total. The maximum Gasteiger partial charge on any atom is 0.417 e. The van der Waals surface area contributed by atoms with Crippen molar-refractivity contribution >= 4 is 40.4 Å². The van der Waals surface area contributed by atoms with Crippen LogP contribution >= 0.6 is 11.3 Å². The van der Waals surface area contributed by atoms with Crippen LogP contribution < -0.4 is 25.4 Å². The molecule has 8 rings (SSSR count). The van der Waals surface area contributed by atoms with E-state index in [0.717, 1.165) is 45.1 Å². The van der Waals surface area contributed by atoms with Crippen LogP contribution in [0, 0.1) is 34.5 Å². The van der Waals surface area contributed by atoms with Crippen molar-refractivity contribution in [3.05, 3.63) is 142 Å². The van der Waals surface area contributed by atoms with Crippen LogP contribution in [0.25, 0.3) is 10.4 Å². The lowest BCUT2D eigenvalue weighted by atomic mass is 9.49. The van der Waals surface area contributed by atoms with E-state index in [0.29, 0.717) is 23.5 Å². The molecule has 1 aliphatic heterocycles. The Balaban J connectivity index is 0.866. The van der Waals surface area contributed by atoms with Gasteiger partial charge in [0.2, 0.25) is 0 Å². The number of hydrogen-bond acceptors (Lipinski definition) is 10. The minimum absolute atomic E-state index is 0.000748. The summed E-state index contributed by atoms with van der Waals surface area (Å²) in [5, 5.41) is 29.3. The van der Waals surface area contributed by atoms with Crippen molar-refractivity contribution in [3.8, 4) is 33.8 Å². The number of anilines is 2. The van der Waals surface area contributed by atoms with Crippen LogP contribution in [0.5, 0.6) is 17.2 Å².